The molecule has 1 amide bonds. The van der Waals surface area contributed by atoms with Gasteiger partial charge in [0.15, 0.2) is 5.65 Å². The van der Waals surface area contributed by atoms with Crippen molar-refractivity contribution in [2.75, 3.05) is 0 Å². The molecule has 0 spiro atoms. The number of amides is 1. The van der Waals surface area contributed by atoms with E-state index in [1.165, 1.54) is 10.6 Å². The Bertz CT molecular complexity index is 811. The smallest absolute Gasteiger partial charge is 0.391 e. The minimum absolute atomic E-state index is 0.190. The number of carbonyl (C=O) groups excluding carboxylic acids is 1. The molecule has 8 nitrogen and oxygen atoms in total. The van der Waals surface area contributed by atoms with E-state index < -0.39 is 36.2 Å². The highest BCUT2D eigenvalue weighted by molar-refractivity contribution is 5.83. The summed E-state index contributed by atoms with van der Waals surface area (Å²) in [6, 6.07) is 2.77. The van der Waals surface area contributed by atoms with Gasteiger partial charge in [-0.1, -0.05) is 6.07 Å². The van der Waals surface area contributed by atoms with Gasteiger partial charge in [-0.3, -0.25) is 9.20 Å². The third-order valence-electron chi connectivity index (χ3n) is 3.11. The van der Waals surface area contributed by atoms with Crippen LogP contribution in [0.2, 0.25) is 0 Å². The molecule has 130 valence electrons. The average molecular weight is 346 g/mol. The zero-order chi connectivity index (χ0) is 17.9. The highest BCUT2D eigenvalue weighted by atomic mass is 19.4. The van der Waals surface area contributed by atoms with Crippen LogP contribution in [0.5, 0.6) is 0 Å². The maximum absolute atomic E-state index is 12.3. The fraction of sp³-hybridized carbons (Fsp3) is 0.385. The second-order valence-corrected chi connectivity index (χ2v) is 4.96. The van der Waals surface area contributed by atoms with E-state index in [1.807, 2.05) is 0 Å². The lowest BCUT2D eigenvalue weighted by Crippen LogP contribution is -2.44. The Kier molecular flexibility index (Phi) is 4.90. The number of carboxylic acid groups (broad SMARTS) is 1. The van der Waals surface area contributed by atoms with Gasteiger partial charge in [-0.05, 0) is 12.1 Å². The molecular formula is C13H13F3N4O4. The summed E-state index contributed by atoms with van der Waals surface area (Å²) in [6.07, 6.45) is -5.31. The van der Waals surface area contributed by atoms with Gasteiger partial charge in [-0.15, -0.1) is 5.10 Å². The second kappa shape index (κ2) is 6.72. The van der Waals surface area contributed by atoms with Crippen molar-refractivity contribution in [3.05, 3.63) is 34.9 Å². The fourth-order valence-corrected chi connectivity index (χ4v) is 2.02. The Morgan fingerprint density at radius 1 is 1.33 bits per heavy atom. The lowest BCUT2D eigenvalue weighted by atomic mass is 10.2. The van der Waals surface area contributed by atoms with Crippen molar-refractivity contribution in [2.45, 2.75) is 31.6 Å². The van der Waals surface area contributed by atoms with Gasteiger partial charge in [0, 0.05) is 12.6 Å². The normalized spacial score (nSPS) is 13.0. The summed E-state index contributed by atoms with van der Waals surface area (Å²) in [7, 11) is 0. The molecule has 24 heavy (non-hydrogen) atoms. The van der Waals surface area contributed by atoms with E-state index in [0.29, 0.717) is 5.65 Å². The lowest BCUT2D eigenvalue weighted by Gasteiger charge is -2.16. The van der Waals surface area contributed by atoms with E-state index in [2.05, 4.69) is 5.10 Å². The van der Waals surface area contributed by atoms with E-state index >= 15 is 0 Å². The molecule has 2 heterocycles. The molecule has 2 rings (SSSR count). The maximum Gasteiger partial charge on any atom is 0.391 e. The van der Waals surface area contributed by atoms with Crippen molar-refractivity contribution >= 4 is 17.5 Å². The van der Waals surface area contributed by atoms with Crippen LogP contribution in [0.1, 0.15) is 12.8 Å². The molecule has 0 aliphatic carbocycles. The van der Waals surface area contributed by atoms with Crippen LogP contribution in [-0.4, -0.2) is 43.4 Å². The van der Waals surface area contributed by atoms with Crippen LogP contribution < -0.4 is 11.0 Å². The number of hydrogen-bond acceptors (Lipinski definition) is 4. The van der Waals surface area contributed by atoms with Gasteiger partial charge >= 0.3 is 17.8 Å². The predicted octanol–water partition coefficient (Wildman–Crippen LogP) is 0.408. The van der Waals surface area contributed by atoms with Gasteiger partial charge in [0.1, 0.15) is 6.04 Å². The predicted molar refractivity (Wildman–Crippen MR) is 74.3 cm³/mol. The van der Waals surface area contributed by atoms with E-state index in [-0.39, 0.29) is 13.0 Å². The maximum atomic E-state index is 12.3. The third kappa shape index (κ3) is 4.33. The summed E-state index contributed by atoms with van der Waals surface area (Å²) < 4.78 is 39.0. The number of fused-ring (bicyclic) bond motifs is 1. The van der Waals surface area contributed by atoms with E-state index in [4.69, 9.17) is 5.11 Å². The van der Waals surface area contributed by atoms with E-state index in [1.54, 1.807) is 23.5 Å². The van der Waals surface area contributed by atoms with Crippen molar-refractivity contribution in [3.63, 3.8) is 0 Å². The summed E-state index contributed by atoms with van der Waals surface area (Å²) >= 11 is 0. The van der Waals surface area contributed by atoms with Crippen LogP contribution in [0, 0.1) is 0 Å². The quantitative estimate of drug-likeness (QED) is 0.788. The number of carboxylic acids is 1. The largest absolute Gasteiger partial charge is 0.480 e. The molecular weight excluding hydrogens is 333 g/mol. The summed E-state index contributed by atoms with van der Waals surface area (Å²) in [5.74, 6) is -2.71. The SMILES string of the molecule is O=C(CCn1nc2ccccn2c1=O)NC(CC(F)(F)F)C(=O)O. The Hall–Kier alpha value is -2.85. The summed E-state index contributed by atoms with van der Waals surface area (Å²) in [5.41, 5.74) is -0.160. The first-order valence-corrected chi connectivity index (χ1v) is 6.80. The number of aliphatic carboxylic acids is 1. The zero-order valence-electron chi connectivity index (χ0n) is 12.2. The number of nitrogens with zero attached hydrogens (tertiary/aromatic N) is 3. The number of alkyl halides is 3. The molecule has 0 aliphatic rings. The number of hydrogen-bond donors (Lipinski definition) is 2. The molecule has 0 bridgehead atoms. The summed E-state index contributed by atoms with van der Waals surface area (Å²) in [4.78, 5) is 34.4. The number of aryl methyl sites for hydroxylation is 1. The molecule has 2 aromatic rings. The average Bonchev–Trinajstić information content (AvgIpc) is 2.80. The first kappa shape index (κ1) is 17.5. The minimum atomic E-state index is -4.73. The number of pyridine rings is 1. The molecule has 0 aromatic carbocycles. The highest BCUT2D eigenvalue weighted by Gasteiger charge is 2.36. The number of rotatable bonds is 6. The molecule has 1 atom stereocenters. The van der Waals surface area contributed by atoms with E-state index in [9.17, 15) is 27.6 Å². The molecule has 11 heteroatoms. The lowest BCUT2D eigenvalue weighted by molar-refractivity contribution is -0.160. The van der Waals surface area contributed by atoms with Crippen LogP contribution in [0.25, 0.3) is 5.65 Å². The van der Waals surface area contributed by atoms with Crippen molar-refractivity contribution in [1.82, 2.24) is 19.5 Å². The fourth-order valence-electron chi connectivity index (χ4n) is 2.02. The molecule has 2 N–H and O–H groups in total. The van der Waals surface area contributed by atoms with Crippen molar-refractivity contribution in [2.24, 2.45) is 0 Å². The monoisotopic (exact) mass is 346 g/mol. The highest BCUT2D eigenvalue weighted by Crippen LogP contribution is 2.21. The van der Waals surface area contributed by atoms with Crippen LogP contribution in [0.3, 0.4) is 0 Å². The molecule has 1 unspecified atom stereocenters. The van der Waals surface area contributed by atoms with Crippen molar-refractivity contribution in [1.29, 1.82) is 0 Å². The Balaban J connectivity index is 2.00. The molecule has 0 aliphatic heterocycles. The van der Waals surface area contributed by atoms with Gasteiger partial charge in [0.05, 0.1) is 13.0 Å². The van der Waals surface area contributed by atoms with Gasteiger partial charge in [-0.2, -0.15) is 13.2 Å². The third-order valence-corrected chi connectivity index (χ3v) is 3.11. The van der Waals surface area contributed by atoms with Crippen molar-refractivity contribution in [3.8, 4) is 0 Å². The first-order chi connectivity index (χ1) is 11.2. The van der Waals surface area contributed by atoms with Gasteiger partial charge in [0.25, 0.3) is 0 Å². The molecule has 0 fully saturated rings. The van der Waals surface area contributed by atoms with Crippen LogP contribution in [0.4, 0.5) is 13.2 Å². The Labute approximate surface area is 132 Å². The molecule has 2 aromatic heterocycles. The Morgan fingerprint density at radius 3 is 2.62 bits per heavy atom. The summed E-state index contributed by atoms with van der Waals surface area (Å²) in [6.45, 7) is -0.190. The van der Waals surface area contributed by atoms with E-state index in [0.717, 1.165) is 4.68 Å². The number of carbonyl (C=O) groups is 2. The van der Waals surface area contributed by atoms with Crippen LogP contribution in [0.15, 0.2) is 29.2 Å². The molecule has 0 saturated heterocycles. The number of nitrogens with one attached hydrogen (secondary N) is 1. The van der Waals surface area contributed by atoms with Gasteiger partial charge in [-0.25, -0.2) is 14.3 Å². The second-order valence-electron chi connectivity index (χ2n) is 4.96. The number of aromatic nitrogens is 3. The minimum Gasteiger partial charge on any atom is -0.480 e. The van der Waals surface area contributed by atoms with Gasteiger partial charge < -0.3 is 10.4 Å². The molecule has 0 radical (unpaired) electrons. The first-order valence-electron chi connectivity index (χ1n) is 6.80. The summed E-state index contributed by atoms with van der Waals surface area (Å²) in [5, 5.41) is 14.5. The van der Waals surface area contributed by atoms with Gasteiger partial charge in [0.2, 0.25) is 5.91 Å². The zero-order valence-corrected chi connectivity index (χ0v) is 12.2. The standard InChI is InChI=1S/C13H13F3N4O4/c14-13(15,16)7-8(11(22)23)17-10(21)4-6-20-12(24)19-5-2-1-3-9(19)18-20/h1-3,5,8H,4,6-7H2,(H,17,21)(H,22,23). The Morgan fingerprint density at radius 2 is 2.04 bits per heavy atom. The van der Waals surface area contributed by atoms with Crippen LogP contribution >= 0.6 is 0 Å². The van der Waals surface area contributed by atoms with Crippen LogP contribution in [-0.2, 0) is 16.1 Å². The number of halogens is 3. The topological polar surface area (TPSA) is 106 Å². The molecule has 0 saturated carbocycles. The van der Waals surface area contributed by atoms with Crippen molar-refractivity contribution < 1.29 is 27.9 Å².